The van der Waals surface area contributed by atoms with Crippen LogP contribution in [0.3, 0.4) is 0 Å². The number of aryl methyl sites for hydroxylation is 3. The third-order valence-electron chi connectivity index (χ3n) is 3.94. The van der Waals surface area contributed by atoms with E-state index in [2.05, 4.69) is 60.4 Å². The maximum Gasteiger partial charge on any atom is 0.0707 e. The molecular formula is C21H20N. The summed E-state index contributed by atoms with van der Waals surface area (Å²) in [6, 6.07) is 24.3. The van der Waals surface area contributed by atoms with Crippen molar-refractivity contribution in [3.8, 4) is 11.3 Å². The van der Waals surface area contributed by atoms with E-state index in [9.17, 15) is 0 Å². The average molecular weight is 286 g/mol. The summed E-state index contributed by atoms with van der Waals surface area (Å²) >= 11 is 0. The van der Waals surface area contributed by atoms with Gasteiger partial charge < -0.3 is 0 Å². The predicted molar refractivity (Wildman–Crippen MR) is 91.7 cm³/mol. The van der Waals surface area contributed by atoms with E-state index in [4.69, 9.17) is 0 Å². The van der Waals surface area contributed by atoms with Gasteiger partial charge in [-0.05, 0) is 61.1 Å². The molecule has 0 fully saturated rings. The van der Waals surface area contributed by atoms with Crippen LogP contribution in [-0.4, -0.2) is 4.98 Å². The summed E-state index contributed by atoms with van der Waals surface area (Å²) in [6.45, 7) is 2.15. The molecular weight excluding hydrogens is 266 g/mol. The summed E-state index contributed by atoms with van der Waals surface area (Å²) < 4.78 is 0. The highest BCUT2D eigenvalue weighted by atomic mass is 14.7. The number of hydrogen-bond acceptors (Lipinski definition) is 1. The Morgan fingerprint density at radius 3 is 2.50 bits per heavy atom. The Balaban J connectivity index is 1.78. The Labute approximate surface area is 132 Å². The molecule has 3 rings (SSSR count). The van der Waals surface area contributed by atoms with Crippen molar-refractivity contribution >= 4 is 0 Å². The van der Waals surface area contributed by atoms with Gasteiger partial charge in [-0.15, -0.1) is 0 Å². The zero-order valence-corrected chi connectivity index (χ0v) is 12.9. The van der Waals surface area contributed by atoms with Crippen LogP contribution in [0.4, 0.5) is 0 Å². The van der Waals surface area contributed by atoms with Crippen molar-refractivity contribution in [1.82, 2.24) is 4.98 Å². The second-order valence-corrected chi connectivity index (χ2v) is 5.57. The first kappa shape index (κ1) is 14.5. The van der Waals surface area contributed by atoms with Gasteiger partial charge in [0.1, 0.15) is 0 Å². The van der Waals surface area contributed by atoms with Gasteiger partial charge in [0, 0.05) is 11.8 Å². The minimum atomic E-state index is 1.03. The van der Waals surface area contributed by atoms with Crippen molar-refractivity contribution in [2.75, 3.05) is 0 Å². The second kappa shape index (κ2) is 7.04. The molecule has 0 atom stereocenters. The van der Waals surface area contributed by atoms with Gasteiger partial charge in [-0.25, -0.2) is 0 Å². The third kappa shape index (κ3) is 3.43. The number of nitrogens with zero attached hydrogens (tertiary/aromatic N) is 1. The molecule has 0 aliphatic rings. The van der Waals surface area contributed by atoms with Crippen LogP contribution in [0.15, 0.2) is 66.9 Å². The molecule has 0 aliphatic heterocycles. The van der Waals surface area contributed by atoms with Crippen LogP contribution < -0.4 is 0 Å². The van der Waals surface area contributed by atoms with E-state index in [0.717, 1.165) is 25.0 Å². The summed E-state index contributed by atoms with van der Waals surface area (Å²) in [5.74, 6) is 0. The van der Waals surface area contributed by atoms with Gasteiger partial charge in [-0.2, -0.15) is 0 Å². The molecule has 1 nitrogen and oxygen atoms in total. The van der Waals surface area contributed by atoms with Gasteiger partial charge in [0.25, 0.3) is 0 Å². The average Bonchev–Trinajstić information content (AvgIpc) is 2.57. The third-order valence-corrected chi connectivity index (χ3v) is 3.94. The van der Waals surface area contributed by atoms with Crippen molar-refractivity contribution in [2.45, 2.75) is 26.2 Å². The second-order valence-electron chi connectivity index (χ2n) is 5.57. The fraction of sp³-hybridized carbons (Fsp3) is 0.190. The van der Waals surface area contributed by atoms with Gasteiger partial charge in [0.15, 0.2) is 0 Å². The topological polar surface area (TPSA) is 12.9 Å². The fourth-order valence-corrected chi connectivity index (χ4v) is 2.84. The molecule has 109 valence electrons. The Kier molecular flexibility index (Phi) is 4.65. The SMILES string of the molecule is Cc1cc[c]c(CCCc2ccccc2)c1-c1ccccn1. The molecule has 3 aromatic rings. The van der Waals surface area contributed by atoms with Crippen molar-refractivity contribution in [1.29, 1.82) is 0 Å². The van der Waals surface area contributed by atoms with Crippen LogP contribution in [0, 0.1) is 13.0 Å². The number of benzene rings is 2. The molecule has 0 N–H and O–H groups in total. The quantitative estimate of drug-likeness (QED) is 0.641. The van der Waals surface area contributed by atoms with Gasteiger partial charge in [0.05, 0.1) is 5.69 Å². The Morgan fingerprint density at radius 1 is 0.909 bits per heavy atom. The molecule has 1 aromatic heterocycles. The van der Waals surface area contributed by atoms with Crippen molar-refractivity contribution < 1.29 is 0 Å². The fourth-order valence-electron chi connectivity index (χ4n) is 2.84. The Morgan fingerprint density at radius 2 is 1.73 bits per heavy atom. The highest BCUT2D eigenvalue weighted by Gasteiger charge is 2.09. The molecule has 1 radical (unpaired) electrons. The smallest absolute Gasteiger partial charge is 0.0707 e. The molecule has 1 heteroatoms. The van der Waals surface area contributed by atoms with Crippen molar-refractivity contribution in [3.63, 3.8) is 0 Å². The summed E-state index contributed by atoms with van der Waals surface area (Å²) in [5.41, 5.74) is 6.24. The molecule has 0 saturated heterocycles. The summed E-state index contributed by atoms with van der Waals surface area (Å²) in [7, 11) is 0. The van der Waals surface area contributed by atoms with E-state index >= 15 is 0 Å². The maximum atomic E-state index is 4.52. The number of pyridine rings is 1. The van der Waals surface area contributed by atoms with E-state index in [0.29, 0.717) is 0 Å². The molecule has 0 aliphatic carbocycles. The zero-order valence-electron chi connectivity index (χ0n) is 12.9. The van der Waals surface area contributed by atoms with Crippen LogP contribution in [0.2, 0.25) is 0 Å². The first-order valence-corrected chi connectivity index (χ1v) is 7.80. The zero-order chi connectivity index (χ0) is 15.2. The van der Waals surface area contributed by atoms with E-state index < -0.39 is 0 Å². The van der Waals surface area contributed by atoms with E-state index in [1.54, 1.807) is 0 Å². The summed E-state index contributed by atoms with van der Waals surface area (Å²) in [5, 5.41) is 0. The molecule has 0 amide bonds. The minimum Gasteiger partial charge on any atom is -0.256 e. The monoisotopic (exact) mass is 286 g/mol. The van der Waals surface area contributed by atoms with Gasteiger partial charge in [0.2, 0.25) is 0 Å². The molecule has 0 saturated carbocycles. The van der Waals surface area contributed by atoms with Crippen LogP contribution in [-0.2, 0) is 12.8 Å². The Hall–Kier alpha value is -2.41. The van der Waals surface area contributed by atoms with Crippen LogP contribution in [0.5, 0.6) is 0 Å². The first-order valence-electron chi connectivity index (χ1n) is 7.80. The van der Waals surface area contributed by atoms with Crippen LogP contribution in [0.1, 0.15) is 23.1 Å². The molecule has 22 heavy (non-hydrogen) atoms. The molecule has 1 heterocycles. The number of hydrogen-bond donors (Lipinski definition) is 0. The largest absolute Gasteiger partial charge is 0.256 e. The predicted octanol–water partition coefficient (Wildman–Crippen LogP) is 5.03. The lowest BCUT2D eigenvalue weighted by Crippen LogP contribution is -1.97. The molecule has 0 bridgehead atoms. The van der Waals surface area contributed by atoms with E-state index in [1.165, 1.54) is 22.3 Å². The summed E-state index contributed by atoms with van der Waals surface area (Å²) in [6.07, 6.45) is 5.12. The molecule has 2 aromatic carbocycles. The number of rotatable bonds is 5. The van der Waals surface area contributed by atoms with Gasteiger partial charge in [-0.3, -0.25) is 4.98 Å². The lowest BCUT2D eigenvalue weighted by atomic mass is 9.94. The van der Waals surface area contributed by atoms with Crippen LogP contribution >= 0.6 is 0 Å². The lowest BCUT2D eigenvalue weighted by Gasteiger charge is -2.12. The molecule has 0 unspecified atom stereocenters. The van der Waals surface area contributed by atoms with Gasteiger partial charge in [-0.1, -0.05) is 48.5 Å². The van der Waals surface area contributed by atoms with Crippen molar-refractivity contribution in [3.05, 3.63) is 89.6 Å². The maximum absolute atomic E-state index is 4.52. The Bertz CT molecular complexity index is 717. The standard InChI is InChI=1S/C21H20N/c1-17-9-7-13-19(21(17)20-15-5-6-16-22-20)14-8-12-18-10-3-2-4-11-18/h2-7,9-11,15-16H,8,12,14H2,1H3. The highest BCUT2D eigenvalue weighted by Crippen LogP contribution is 2.26. The number of aromatic nitrogens is 1. The summed E-state index contributed by atoms with van der Waals surface area (Å²) in [4.78, 5) is 4.52. The first-order chi connectivity index (χ1) is 10.8. The molecule has 0 spiro atoms. The minimum absolute atomic E-state index is 1.03. The normalized spacial score (nSPS) is 10.6. The van der Waals surface area contributed by atoms with E-state index in [1.807, 2.05) is 24.4 Å². The highest BCUT2D eigenvalue weighted by molar-refractivity contribution is 5.67. The van der Waals surface area contributed by atoms with Gasteiger partial charge >= 0.3 is 0 Å². The van der Waals surface area contributed by atoms with Crippen molar-refractivity contribution in [2.24, 2.45) is 0 Å². The lowest BCUT2D eigenvalue weighted by molar-refractivity contribution is 0.820. The van der Waals surface area contributed by atoms with E-state index in [-0.39, 0.29) is 0 Å². The van der Waals surface area contributed by atoms with Crippen LogP contribution in [0.25, 0.3) is 11.3 Å².